The largest absolute Gasteiger partial charge is 0.493 e. The normalized spacial score (nSPS) is 20.6. The maximum absolute atomic E-state index is 13.1. The van der Waals surface area contributed by atoms with Crippen LogP contribution < -0.4 is 14.8 Å². The molecule has 30 heavy (non-hydrogen) atoms. The zero-order valence-corrected chi connectivity index (χ0v) is 17.7. The maximum Gasteiger partial charge on any atom is 0.325 e. The second kappa shape index (κ2) is 8.16. The van der Waals surface area contributed by atoms with Crippen LogP contribution in [-0.4, -0.2) is 60.5 Å². The van der Waals surface area contributed by atoms with Gasteiger partial charge in [-0.3, -0.25) is 14.5 Å². The second-order valence-corrected chi connectivity index (χ2v) is 8.36. The number of carbonyl (C=O) groups excluding carboxylic acids is 3. The fourth-order valence-electron chi connectivity index (χ4n) is 4.82. The van der Waals surface area contributed by atoms with Crippen LogP contribution in [0.1, 0.15) is 49.7 Å². The molecule has 3 aliphatic rings. The van der Waals surface area contributed by atoms with Crippen molar-refractivity contribution in [3.05, 3.63) is 23.3 Å². The highest BCUT2D eigenvalue weighted by Gasteiger charge is 2.51. The molecule has 1 aromatic carbocycles. The molecule has 8 nitrogen and oxygen atoms in total. The van der Waals surface area contributed by atoms with E-state index >= 15 is 0 Å². The molecule has 0 aromatic heterocycles. The Kier molecular flexibility index (Phi) is 5.58. The van der Waals surface area contributed by atoms with Crippen LogP contribution in [0.25, 0.3) is 0 Å². The first-order valence-corrected chi connectivity index (χ1v) is 10.6. The van der Waals surface area contributed by atoms with Crippen LogP contribution in [0.2, 0.25) is 0 Å². The lowest BCUT2D eigenvalue weighted by Crippen LogP contribution is -2.48. The fraction of sp³-hybridized carbons (Fsp3) is 0.591. The van der Waals surface area contributed by atoms with Crippen LogP contribution in [0.15, 0.2) is 12.1 Å². The van der Waals surface area contributed by atoms with Crippen molar-refractivity contribution in [1.82, 2.24) is 15.1 Å². The summed E-state index contributed by atoms with van der Waals surface area (Å²) in [5, 5.41) is 2.90. The molecule has 0 bridgehead atoms. The van der Waals surface area contributed by atoms with Gasteiger partial charge in [-0.05, 0) is 42.5 Å². The zero-order chi connectivity index (χ0) is 21.3. The summed E-state index contributed by atoms with van der Waals surface area (Å²) in [5.74, 6) is 0.829. The third-order valence-electron chi connectivity index (χ3n) is 6.57. The molecule has 1 saturated carbocycles. The van der Waals surface area contributed by atoms with Crippen molar-refractivity contribution < 1.29 is 23.9 Å². The first-order chi connectivity index (χ1) is 14.5. The van der Waals surface area contributed by atoms with E-state index in [1.54, 1.807) is 19.1 Å². The lowest BCUT2D eigenvalue weighted by atomic mass is 9.90. The van der Waals surface area contributed by atoms with Crippen molar-refractivity contribution in [3.63, 3.8) is 0 Å². The van der Waals surface area contributed by atoms with Gasteiger partial charge in [0.15, 0.2) is 11.5 Å². The van der Waals surface area contributed by atoms with Gasteiger partial charge in [-0.1, -0.05) is 25.7 Å². The Labute approximate surface area is 176 Å². The van der Waals surface area contributed by atoms with Gasteiger partial charge < -0.3 is 19.7 Å². The van der Waals surface area contributed by atoms with E-state index in [9.17, 15) is 14.4 Å². The maximum atomic E-state index is 13.1. The average Bonchev–Trinajstić information content (AvgIpc) is 2.92. The lowest BCUT2D eigenvalue weighted by Gasteiger charge is -2.31. The number of methoxy groups -OCH3 is 2. The van der Waals surface area contributed by atoms with Gasteiger partial charge >= 0.3 is 6.03 Å². The fourth-order valence-corrected chi connectivity index (χ4v) is 4.82. The number of benzene rings is 1. The SMILES string of the molecule is COc1cc2c(cc1OC)CN(C(=O)CN1C(=O)NC3(CCCCCC3)C1=O)CC2. The minimum absolute atomic E-state index is 0.213. The molecule has 2 heterocycles. The number of hydrogen-bond donors (Lipinski definition) is 1. The smallest absolute Gasteiger partial charge is 0.325 e. The molecule has 4 rings (SSSR count). The van der Waals surface area contributed by atoms with E-state index in [4.69, 9.17) is 9.47 Å². The molecule has 1 N–H and O–H groups in total. The topological polar surface area (TPSA) is 88.2 Å². The number of imide groups is 1. The number of nitrogens with zero attached hydrogens (tertiary/aromatic N) is 2. The van der Waals surface area contributed by atoms with Crippen molar-refractivity contribution in [3.8, 4) is 11.5 Å². The highest BCUT2D eigenvalue weighted by molar-refractivity contribution is 6.09. The van der Waals surface area contributed by atoms with E-state index in [2.05, 4.69) is 5.32 Å². The quantitative estimate of drug-likeness (QED) is 0.762. The number of urea groups is 1. The van der Waals surface area contributed by atoms with E-state index in [0.29, 0.717) is 43.9 Å². The van der Waals surface area contributed by atoms with Crippen molar-refractivity contribution in [2.24, 2.45) is 0 Å². The van der Waals surface area contributed by atoms with E-state index in [1.807, 2.05) is 12.1 Å². The summed E-state index contributed by atoms with van der Waals surface area (Å²) in [6.07, 6.45) is 5.98. The molecular formula is C22H29N3O5. The summed E-state index contributed by atoms with van der Waals surface area (Å²) < 4.78 is 10.7. The molecule has 1 spiro atoms. The Balaban J connectivity index is 1.46. The van der Waals surface area contributed by atoms with Gasteiger partial charge in [0, 0.05) is 13.1 Å². The Morgan fingerprint density at radius 3 is 2.30 bits per heavy atom. The summed E-state index contributed by atoms with van der Waals surface area (Å²) in [7, 11) is 3.18. The molecule has 0 unspecified atom stereocenters. The summed E-state index contributed by atoms with van der Waals surface area (Å²) in [6, 6.07) is 3.39. The molecule has 0 radical (unpaired) electrons. The molecule has 162 valence electrons. The van der Waals surface area contributed by atoms with Crippen LogP contribution >= 0.6 is 0 Å². The van der Waals surface area contributed by atoms with E-state index in [1.165, 1.54) is 0 Å². The number of rotatable bonds is 4. The lowest BCUT2D eigenvalue weighted by molar-refractivity contribution is -0.139. The number of amides is 4. The molecule has 0 atom stereocenters. The van der Waals surface area contributed by atoms with E-state index in [-0.39, 0.29) is 18.4 Å². The Morgan fingerprint density at radius 2 is 1.67 bits per heavy atom. The predicted octanol–water partition coefficient (Wildman–Crippen LogP) is 2.23. The van der Waals surface area contributed by atoms with Crippen LogP contribution in [0, 0.1) is 0 Å². The van der Waals surface area contributed by atoms with E-state index in [0.717, 1.165) is 41.7 Å². The minimum atomic E-state index is -0.813. The average molecular weight is 415 g/mol. The second-order valence-electron chi connectivity index (χ2n) is 8.36. The minimum Gasteiger partial charge on any atom is -0.493 e. The van der Waals surface area contributed by atoms with Gasteiger partial charge in [0.2, 0.25) is 5.91 Å². The molecule has 4 amide bonds. The molecule has 2 fully saturated rings. The van der Waals surface area contributed by atoms with Crippen LogP contribution in [0.4, 0.5) is 4.79 Å². The van der Waals surface area contributed by atoms with Crippen LogP contribution in [0.3, 0.4) is 0 Å². The molecule has 2 aliphatic heterocycles. The third kappa shape index (κ3) is 3.59. The first-order valence-electron chi connectivity index (χ1n) is 10.6. The Morgan fingerprint density at radius 1 is 1.03 bits per heavy atom. The number of ether oxygens (including phenoxy) is 2. The Bertz CT molecular complexity index is 861. The number of fused-ring (bicyclic) bond motifs is 1. The van der Waals surface area contributed by atoms with Gasteiger partial charge in [-0.15, -0.1) is 0 Å². The first kappa shape index (κ1) is 20.5. The summed E-state index contributed by atoms with van der Waals surface area (Å²) in [6.45, 7) is 0.745. The van der Waals surface area contributed by atoms with Crippen molar-refractivity contribution >= 4 is 17.8 Å². The van der Waals surface area contributed by atoms with Crippen LogP contribution in [0.5, 0.6) is 11.5 Å². The highest BCUT2D eigenvalue weighted by Crippen LogP contribution is 2.34. The number of carbonyl (C=O) groups is 3. The summed E-state index contributed by atoms with van der Waals surface area (Å²) in [5.41, 5.74) is 1.29. The molecular weight excluding hydrogens is 386 g/mol. The molecule has 1 aliphatic carbocycles. The van der Waals surface area contributed by atoms with Gasteiger partial charge in [-0.2, -0.15) is 0 Å². The van der Waals surface area contributed by atoms with Gasteiger partial charge in [0.05, 0.1) is 14.2 Å². The highest BCUT2D eigenvalue weighted by atomic mass is 16.5. The summed E-state index contributed by atoms with van der Waals surface area (Å²) >= 11 is 0. The number of hydrogen-bond acceptors (Lipinski definition) is 5. The Hall–Kier alpha value is -2.77. The molecule has 1 aromatic rings. The zero-order valence-electron chi connectivity index (χ0n) is 17.7. The monoisotopic (exact) mass is 415 g/mol. The standard InChI is InChI=1S/C22H29N3O5/c1-29-17-11-15-7-10-24(13-16(15)12-18(17)30-2)19(26)14-25-20(27)22(23-21(25)28)8-5-3-4-6-9-22/h11-12H,3-10,13-14H2,1-2H3,(H,23,28). The van der Waals surface area contributed by atoms with Crippen molar-refractivity contribution in [2.45, 2.75) is 57.0 Å². The molecule has 8 heteroatoms. The van der Waals surface area contributed by atoms with Gasteiger partial charge in [-0.25, -0.2) is 4.79 Å². The van der Waals surface area contributed by atoms with Crippen LogP contribution in [-0.2, 0) is 22.6 Å². The number of nitrogens with one attached hydrogen (secondary N) is 1. The van der Waals surface area contributed by atoms with Crippen molar-refractivity contribution in [2.75, 3.05) is 27.3 Å². The van der Waals surface area contributed by atoms with E-state index < -0.39 is 11.6 Å². The van der Waals surface area contributed by atoms with Crippen molar-refractivity contribution in [1.29, 1.82) is 0 Å². The van der Waals surface area contributed by atoms with Gasteiger partial charge in [0.25, 0.3) is 5.91 Å². The third-order valence-corrected chi connectivity index (χ3v) is 6.57. The summed E-state index contributed by atoms with van der Waals surface area (Å²) in [4.78, 5) is 41.4. The molecule has 1 saturated heterocycles. The van der Waals surface area contributed by atoms with Gasteiger partial charge in [0.1, 0.15) is 12.1 Å². The predicted molar refractivity (Wildman–Crippen MR) is 109 cm³/mol.